The molecule has 0 aliphatic heterocycles. The number of hydrogen-bond donors (Lipinski definition) is 1. The predicted molar refractivity (Wildman–Crippen MR) is 78.8 cm³/mol. The van der Waals surface area contributed by atoms with Gasteiger partial charge >= 0.3 is 0 Å². The smallest absolute Gasteiger partial charge is 0.201 e. The van der Waals surface area contributed by atoms with Crippen molar-refractivity contribution in [3.8, 4) is 5.75 Å². The van der Waals surface area contributed by atoms with E-state index in [1.807, 2.05) is 35.0 Å². The van der Waals surface area contributed by atoms with E-state index in [1.54, 1.807) is 13.3 Å². The molecule has 1 aromatic carbocycles. The van der Waals surface area contributed by atoms with E-state index in [9.17, 15) is 0 Å². The summed E-state index contributed by atoms with van der Waals surface area (Å²) in [5, 5.41) is 0. The highest BCUT2D eigenvalue weighted by molar-refractivity contribution is 5.80. The Labute approximate surface area is 117 Å². The molecule has 3 aromatic rings. The van der Waals surface area contributed by atoms with Gasteiger partial charge < -0.3 is 15.0 Å². The van der Waals surface area contributed by atoms with E-state index in [1.165, 1.54) is 5.56 Å². The Morgan fingerprint density at radius 3 is 2.90 bits per heavy atom. The van der Waals surface area contributed by atoms with Crippen LogP contribution in [0.2, 0.25) is 0 Å². The van der Waals surface area contributed by atoms with Crippen LogP contribution in [0.3, 0.4) is 0 Å². The van der Waals surface area contributed by atoms with Crippen LogP contribution >= 0.6 is 0 Å². The van der Waals surface area contributed by atoms with Gasteiger partial charge in [-0.2, -0.15) is 0 Å². The number of nitrogens with two attached hydrogens (primary N) is 1. The second kappa shape index (κ2) is 4.85. The number of anilines is 1. The van der Waals surface area contributed by atoms with Crippen molar-refractivity contribution < 1.29 is 4.74 Å². The molecule has 0 saturated heterocycles. The molecule has 0 saturated carbocycles. The monoisotopic (exact) mass is 268 g/mol. The van der Waals surface area contributed by atoms with Crippen LogP contribution in [0.15, 0.2) is 36.7 Å². The lowest BCUT2D eigenvalue weighted by atomic mass is 10.1. The molecule has 2 heterocycles. The fourth-order valence-electron chi connectivity index (χ4n) is 2.25. The van der Waals surface area contributed by atoms with Gasteiger partial charge in [-0.05, 0) is 36.2 Å². The van der Waals surface area contributed by atoms with E-state index in [0.29, 0.717) is 12.5 Å². The van der Waals surface area contributed by atoms with Gasteiger partial charge in [0.2, 0.25) is 5.95 Å². The van der Waals surface area contributed by atoms with Gasteiger partial charge in [0.25, 0.3) is 0 Å². The summed E-state index contributed by atoms with van der Waals surface area (Å²) in [6.07, 6.45) is 3.65. The van der Waals surface area contributed by atoms with Gasteiger partial charge in [-0.25, -0.2) is 4.98 Å². The lowest BCUT2D eigenvalue weighted by molar-refractivity contribution is 0.415. The number of benzene rings is 1. The SMILES string of the molecule is COc1ccc2nc(N)n(Cc3cnccc3C)c2c1. The molecular formula is C15H16N4O. The minimum atomic E-state index is 0.497. The third kappa shape index (κ3) is 2.07. The summed E-state index contributed by atoms with van der Waals surface area (Å²) < 4.78 is 7.24. The van der Waals surface area contributed by atoms with Crippen LogP contribution in [-0.2, 0) is 6.54 Å². The molecule has 102 valence electrons. The van der Waals surface area contributed by atoms with E-state index in [4.69, 9.17) is 10.5 Å². The first-order valence-corrected chi connectivity index (χ1v) is 6.38. The molecule has 0 atom stereocenters. The molecule has 0 radical (unpaired) electrons. The van der Waals surface area contributed by atoms with E-state index >= 15 is 0 Å². The maximum absolute atomic E-state index is 6.03. The molecule has 3 rings (SSSR count). The topological polar surface area (TPSA) is 66.0 Å². The molecule has 0 aliphatic rings. The second-order valence-corrected chi connectivity index (χ2v) is 4.71. The Morgan fingerprint density at radius 2 is 2.15 bits per heavy atom. The maximum Gasteiger partial charge on any atom is 0.201 e. The molecular weight excluding hydrogens is 252 g/mol. The van der Waals surface area contributed by atoms with E-state index in [0.717, 1.165) is 22.3 Å². The van der Waals surface area contributed by atoms with Crippen molar-refractivity contribution in [3.05, 3.63) is 47.8 Å². The van der Waals surface area contributed by atoms with Crippen molar-refractivity contribution >= 4 is 17.0 Å². The van der Waals surface area contributed by atoms with Crippen molar-refractivity contribution in [2.45, 2.75) is 13.5 Å². The first-order chi connectivity index (χ1) is 9.69. The number of methoxy groups -OCH3 is 1. The standard InChI is InChI=1S/C15H16N4O/c1-10-5-6-17-8-11(10)9-19-14-7-12(20-2)3-4-13(14)18-15(19)16/h3-8H,9H2,1-2H3,(H2,16,18). The molecule has 0 fully saturated rings. The Hall–Kier alpha value is -2.56. The highest BCUT2D eigenvalue weighted by atomic mass is 16.5. The molecule has 0 spiro atoms. The van der Waals surface area contributed by atoms with E-state index < -0.39 is 0 Å². The normalized spacial score (nSPS) is 10.9. The second-order valence-electron chi connectivity index (χ2n) is 4.71. The Bertz CT molecular complexity index is 764. The van der Waals surface area contributed by atoms with Crippen molar-refractivity contribution in [2.75, 3.05) is 12.8 Å². The fourth-order valence-corrected chi connectivity index (χ4v) is 2.25. The number of aromatic nitrogens is 3. The number of rotatable bonds is 3. The van der Waals surface area contributed by atoms with Crippen LogP contribution in [0.1, 0.15) is 11.1 Å². The van der Waals surface area contributed by atoms with Crippen molar-refractivity contribution in [1.82, 2.24) is 14.5 Å². The zero-order valence-electron chi connectivity index (χ0n) is 11.5. The summed E-state index contributed by atoms with van der Waals surface area (Å²) in [6, 6.07) is 7.74. The molecule has 2 aromatic heterocycles. The number of nitrogen functional groups attached to an aromatic ring is 1. The minimum Gasteiger partial charge on any atom is -0.497 e. The number of fused-ring (bicyclic) bond motifs is 1. The van der Waals surface area contributed by atoms with Crippen molar-refractivity contribution in [1.29, 1.82) is 0 Å². The summed E-state index contributed by atoms with van der Waals surface area (Å²) in [6.45, 7) is 2.71. The van der Waals surface area contributed by atoms with Gasteiger partial charge in [0.05, 0.1) is 24.7 Å². The summed E-state index contributed by atoms with van der Waals surface area (Å²) in [5.41, 5.74) is 10.2. The van der Waals surface area contributed by atoms with Crippen LogP contribution < -0.4 is 10.5 Å². The van der Waals surface area contributed by atoms with Crippen molar-refractivity contribution in [2.24, 2.45) is 0 Å². The average molecular weight is 268 g/mol. The number of aryl methyl sites for hydroxylation is 1. The summed E-state index contributed by atoms with van der Waals surface area (Å²) in [4.78, 5) is 8.55. The third-order valence-corrected chi connectivity index (χ3v) is 3.46. The average Bonchev–Trinajstić information content (AvgIpc) is 2.77. The van der Waals surface area contributed by atoms with E-state index in [2.05, 4.69) is 16.9 Å². The largest absolute Gasteiger partial charge is 0.497 e. The Kier molecular flexibility index (Phi) is 3.02. The molecule has 2 N–H and O–H groups in total. The van der Waals surface area contributed by atoms with Gasteiger partial charge in [0.15, 0.2) is 0 Å². The lowest BCUT2D eigenvalue weighted by Gasteiger charge is -2.09. The molecule has 0 unspecified atom stereocenters. The van der Waals surface area contributed by atoms with Gasteiger partial charge in [-0.15, -0.1) is 0 Å². The van der Waals surface area contributed by atoms with Gasteiger partial charge in [0.1, 0.15) is 5.75 Å². The quantitative estimate of drug-likeness (QED) is 0.792. The van der Waals surface area contributed by atoms with Crippen LogP contribution in [0.4, 0.5) is 5.95 Å². The van der Waals surface area contributed by atoms with E-state index in [-0.39, 0.29) is 0 Å². The van der Waals surface area contributed by atoms with Crippen LogP contribution in [0.5, 0.6) is 5.75 Å². The number of ether oxygens (including phenoxy) is 1. The molecule has 5 nitrogen and oxygen atoms in total. The van der Waals surface area contributed by atoms with Crippen LogP contribution in [0.25, 0.3) is 11.0 Å². The van der Waals surface area contributed by atoms with Gasteiger partial charge in [-0.1, -0.05) is 0 Å². The Morgan fingerprint density at radius 1 is 1.30 bits per heavy atom. The van der Waals surface area contributed by atoms with Crippen LogP contribution in [-0.4, -0.2) is 21.6 Å². The first kappa shape index (κ1) is 12.5. The summed E-state index contributed by atoms with van der Waals surface area (Å²) in [5.74, 6) is 1.29. The Balaban J connectivity index is 2.11. The van der Waals surface area contributed by atoms with Crippen molar-refractivity contribution in [3.63, 3.8) is 0 Å². The third-order valence-electron chi connectivity index (χ3n) is 3.46. The number of nitrogens with zero attached hydrogens (tertiary/aromatic N) is 3. The number of pyridine rings is 1. The van der Waals surface area contributed by atoms with Crippen LogP contribution in [0, 0.1) is 6.92 Å². The summed E-state index contributed by atoms with van der Waals surface area (Å²) >= 11 is 0. The predicted octanol–water partition coefficient (Wildman–Crippen LogP) is 2.38. The maximum atomic E-state index is 6.03. The minimum absolute atomic E-state index is 0.497. The molecule has 0 aliphatic carbocycles. The first-order valence-electron chi connectivity index (χ1n) is 6.38. The fraction of sp³-hybridized carbons (Fsp3) is 0.200. The van der Waals surface area contributed by atoms with Gasteiger partial charge in [-0.3, -0.25) is 4.98 Å². The highest BCUT2D eigenvalue weighted by Gasteiger charge is 2.10. The molecule has 5 heteroatoms. The zero-order valence-corrected chi connectivity index (χ0v) is 11.5. The lowest BCUT2D eigenvalue weighted by Crippen LogP contribution is -2.06. The molecule has 0 amide bonds. The molecule has 0 bridgehead atoms. The zero-order chi connectivity index (χ0) is 14.1. The van der Waals surface area contributed by atoms with Gasteiger partial charge in [0, 0.05) is 18.5 Å². The molecule has 20 heavy (non-hydrogen) atoms. The number of imidazole rings is 1. The number of hydrogen-bond acceptors (Lipinski definition) is 4. The summed E-state index contributed by atoms with van der Waals surface area (Å²) in [7, 11) is 1.65. The highest BCUT2D eigenvalue weighted by Crippen LogP contribution is 2.24.